The standard InChI is InChI=1S/C15H17ClN2O/c1-3-17-14(15-13(16)5-4-10-18-15)11-6-8-12(19-2)9-7-11/h4-10,14,17H,3H2,1-2H3. The highest BCUT2D eigenvalue weighted by molar-refractivity contribution is 6.31. The molecule has 0 saturated carbocycles. The van der Waals surface area contributed by atoms with Crippen LogP contribution in [0.2, 0.25) is 5.02 Å². The van der Waals surface area contributed by atoms with Gasteiger partial charge in [0, 0.05) is 6.20 Å². The van der Waals surface area contributed by atoms with E-state index in [0.717, 1.165) is 23.6 Å². The first kappa shape index (κ1) is 13.8. The van der Waals surface area contributed by atoms with E-state index in [2.05, 4.69) is 17.2 Å². The predicted octanol–water partition coefficient (Wildman–Crippen LogP) is 3.44. The number of halogens is 1. The minimum atomic E-state index is -0.00962. The maximum atomic E-state index is 6.24. The molecular formula is C15H17ClN2O. The maximum absolute atomic E-state index is 6.24. The van der Waals surface area contributed by atoms with E-state index in [9.17, 15) is 0 Å². The first-order valence-corrected chi connectivity index (χ1v) is 6.61. The highest BCUT2D eigenvalue weighted by Crippen LogP contribution is 2.27. The van der Waals surface area contributed by atoms with Crippen LogP contribution in [0.15, 0.2) is 42.6 Å². The van der Waals surface area contributed by atoms with E-state index in [-0.39, 0.29) is 6.04 Å². The molecule has 1 unspecified atom stereocenters. The molecule has 0 amide bonds. The molecule has 100 valence electrons. The highest BCUT2D eigenvalue weighted by atomic mass is 35.5. The monoisotopic (exact) mass is 276 g/mol. The Bertz CT molecular complexity index is 528. The van der Waals surface area contributed by atoms with Crippen LogP contribution in [0.3, 0.4) is 0 Å². The molecule has 4 heteroatoms. The van der Waals surface area contributed by atoms with Crippen LogP contribution >= 0.6 is 11.6 Å². The van der Waals surface area contributed by atoms with Gasteiger partial charge in [-0.25, -0.2) is 0 Å². The van der Waals surface area contributed by atoms with E-state index in [4.69, 9.17) is 16.3 Å². The Morgan fingerprint density at radius 2 is 2.00 bits per heavy atom. The average molecular weight is 277 g/mol. The molecule has 1 aromatic carbocycles. The molecule has 0 aliphatic carbocycles. The summed E-state index contributed by atoms with van der Waals surface area (Å²) >= 11 is 6.24. The van der Waals surface area contributed by atoms with Crippen molar-refractivity contribution in [2.75, 3.05) is 13.7 Å². The summed E-state index contributed by atoms with van der Waals surface area (Å²) in [6.45, 7) is 2.90. The van der Waals surface area contributed by atoms with Gasteiger partial charge in [0.05, 0.1) is 23.9 Å². The lowest BCUT2D eigenvalue weighted by molar-refractivity contribution is 0.414. The molecule has 0 bridgehead atoms. The van der Waals surface area contributed by atoms with Gasteiger partial charge in [0.2, 0.25) is 0 Å². The molecule has 0 aliphatic heterocycles. The molecule has 2 rings (SSSR count). The van der Waals surface area contributed by atoms with Gasteiger partial charge in [-0.05, 0) is 36.4 Å². The molecule has 0 spiro atoms. The van der Waals surface area contributed by atoms with E-state index in [1.165, 1.54) is 0 Å². The van der Waals surface area contributed by atoms with Gasteiger partial charge in [-0.1, -0.05) is 30.7 Å². The van der Waals surface area contributed by atoms with Crippen LogP contribution in [0.1, 0.15) is 24.2 Å². The Hall–Kier alpha value is -1.58. The third kappa shape index (κ3) is 3.25. The van der Waals surface area contributed by atoms with E-state index in [0.29, 0.717) is 5.02 Å². The largest absolute Gasteiger partial charge is 0.497 e. The lowest BCUT2D eigenvalue weighted by Gasteiger charge is -2.19. The second kappa shape index (κ2) is 6.55. The quantitative estimate of drug-likeness (QED) is 0.908. The molecule has 1 atom stereocenters. The predicted molar refractivity (Wildman–Crippen MR) is 77.8 cm³/mol. The minimum absolute atomic E-state index is 0.00962. The Morgan fingerprint density at radius 1 is 1.26 bits per heavy atom. The van der Waals surface area contributed by atoms with Crippen molar-refractivity contribution in [2.24, 2.45) is 0 Å². The zero-order chi connectivity index (χ0) is 13.7. The van der Waals surface area contributed by atoms with Gasteiger partial charge in [0.1, 0.15) is 5.75 Å². The number of rotatable bonds is 5. The zero-order valence-corrected chi connectivity index (χ0v) is 11.8. The Balaban J connectivity index is 2.36. The third-order valence-electron chi connectivity index (χ3n) is 2.92. The van der Waals surface area contributed by atoms with Gasteiger partial charge in [0.25, 0.3) is 0 Å². The molecule has 0 fully saturated rings. The minimum Gasteiger partial charge on any atom is -0.497 e. The summed E-state index contributed by atoms with van der Waals surface area (Å²) in [5, 5.41) is 4.08. The smallest absolute Gasteiger partial charge is 0.118 e. The van der Waals surface area contributed by atoms with Crippen LogP contribution in [0.5, 0.6) is 5.75 Å². The van der Waals surface area contributed by atoms with Crippen LogP contribution in [0, 0.1) is 0 Å². The molecule has 3 nitrogen and oxygen atoms in total. The normalized spacial score (nSPS) is 12.2. The van der Waals surface area contributed by atoms with Gasteiger partial charge >= 0.3 is 0 Å². The van der Waals surface area contributed by atoms with Crippen molar-refractivity contribution in [2.45, 2.75) is 13.0 Å². The number of methoxy groups -OCH3 is 1. The fourth-order valence-electron chi connectivity index (χ4n) is 1.98. The van der Waals surface area contributed by atoms with Gasteiger partial charge in [0.15, 0.2) is 0 Å². The first-order valence-electron chi connectivity index (χ1n) is 6.24. The number of benzene rings is 1. The number of hydrogen-bond donors (Lipinski definition) is 1. The summed E-state index contributed by atoms with van der Waals surface area (Å²) in [4.78, 5) is 4.39. The van der Waals surface area contributed by atoms with Crippen molar-refractivity contribution in [3.63, 3.8) is 0 Å². The number of ether oxygens (including phenoxy) is 1. The number of pyridine rings is 1. The summed E-state index contributed by atoms with van der Waals surface area (Å²) in [5.41, 5.74) is 1.96. The summed E-state index contributed by atoms with van der Waals surface area (Å²) in [6, 6.07) is 11.6. The molecule has 19 heavy (non-hydrogen) atoms. The van der Waals surface area contributed by atoms with Crippen molar-refractivity contribution in [3.05, 3.63) is 58.9 Å². The van der Waals surface area contributed by atoms with Crippen LogP contribution in [0.4, 0.5) is 0 Å². The Morgan fingerprint density at radius 3 is 2.58 bits per heavy atom. The highest BCUT2D eigenvalue weighted by Gasteiger charge is 2.17. The molecule has 1 heterocycles. The van der Waals surface area contributed by atoms with Gasteiger partial charge in [-0.3, -0.25) is 4.98 Å². The number of hydrogen-bond acceptors (Lipinski definition) is 3. The molecule has 0 aliphatic rings. The number of nitrogens with zero attached hydrogens (tertiary/aromatic N) is 1. The van der Waals surface area contributed by atoms with Crippen LogP contribution < -0.4 is 10.1 Å². The van der Waals surface area contributed by atoms with E-state index >= 15 is 0 Å². The van der Waals surface area contributed by atoms with Crippen molar-refractivity contribution < 1.29 is 4.74 Å². The third-order valence-corrected chi connectivity index (χ3v) is 3.24. The molecule has 1 N–H and O–H groups in total. The second-order valence-corrected chi connectivity index (χ2v) is 4.54. The first-order chi connectivity index (χ1) is 9.26. The van der Waals surface area contributed by atoms with Gasteiger partial charge in [-0.2, -0.15) is 0 Å². The van der Waals surface area contributed by atoms with Crippen molar-refractivity contribution in [3.8, 4) is 5.75 Å². The second-order valence-electron chi connectivity index (χ2n) is 4.13. The fraction of sp³-hybridized carbons (Fsp3) is 0.267. The van der Waals surface area contributed by atoms with Crippen LogP contribution in [-0.2, 0) is 0 Å². The molecule has 2 aromatic rings. The van der Waals surface area contributed by atoms with Gasteiger partial charge < -0.3 is 10.1 Å². The topological polar surface area (TPSA) is 34.1 Å². The van der Waals surface area contributed by atoms with Gasteiger partial charge in [-0.15, -0.1) is 0 Å². The lowest BCUT2D eigenvalue weighted by atomic mass is 10.0. The summed E-state index contributed by atoms with van der Waals surface area (Å²) in [7, 11) is 1.66. The van der Waals surface area contributed by atoms with E-state index in [1.54, 1.807) is 13.3 Å². The van der Waals surface area contributed by atoms with Crippen LogP contribution in [-0.4, -0.2) is 18.6 Å². The number of nitrogens with one attached hydrogen (secondary N) is 1. The van der Waals surface area contributed by atoms with Crippen molar-refractivity contribution in [1.29, 1.82) is 0 Å². The SMILES string of the molecule is CCNC(c1ccc(OC)cc1)c1ncccc1Cl. The molecule has 1 aromatic heterocycles. The Kier molecular flexibility index (Phi) is 4.77. The summed E-state index contributed by atoms with van der Waals surface area (Å²) < 4.78 is 5.18. The average Bonchev–Trinajstić information content (AvgIpc) is 2.46. The molecule has 0 saturated heterocycles. The van der Waals surface area contributed by atoms with E-state index < -0.39 is 0 Å². The van der Waals surface area contributed by atoms with E-state index in [1.807, 2.05) is 36.4 Å². The summed E-state index contributed by atoms with van der Waals surface area (Å²) in [5.74, 6) is 0.839. The lowest BCUT2D eigenvalue weighted by Crippen LogP contribution is -2.23. The number of aromatic nitrogens is 1. The van der Waals surface area contributed by atoms with Crippen molar-refractivity contribution >= 4 is 11.6 Å². The zero-order valence-electron chi connectivity index (χ0n) is 11.1. The van der Waals surface area contributed by atoms with Crippen molar-refractivity contribution in [1.82, 2.24) is 10.3 Å². The Labute approximate surface area is 118 Å². The maximum Gasteiger partial charge on any atom is 0.118 e. The molecule has 0 radical (unpaired) electrons. The molecular weight excluding hydrogens is 260 g/mol. The van der Waals surface area contributed by atoms with Crippen LogP contribution in [0.25, 0.3) is 0 Å². The fourth-order valence-corrected chi connectivity index (χ4v) is 2.21. The summed E-state index contributed by atoms with van der Waals surface area (Å²) in [6.07, 6.45) is 1.76.